The van der Waals surface area contributed by atoms with E-state index in [0.717, 1.165) is 22.3 Å². The fourth-order valence-electron chi connectivity index (χ4n) is 2.01. The molecule has 0 saturated heterocycles. The van der Waals surface area contributed by atoms with Gasteiger partial charge in [-0.3, -0.25) is 14.8 Å². The number of benzene rings is 1. The van der Waals surface area contributed by atoms with E-state index in [1.54, 1.807) is 16.8 Å². The molecule has 106 valence electrons. The Labute approximate surface area is 125 Å². The molecule has 6 nitrogen and oxygen atoms in total. The Morgan fingerprint density at radius 3 is 2.90 bits per heavy atom. The molecule has 7 heteroatoms. The van der Waals surface area contributed by atoms with Gasteiger partial charge in [-0.1, -0.05) is 22.9 Å². The summed E-state index contributed by atoms with van der Waals surface area (Å²) in [7, 11) is 1.85. The Kier molecular flexibility index (Phi) is 4.39. The quantitative estimate of drug-likeness (QED) is 0.670. The number of nitro benzene ring substituents is 1. The third-order valence-electron chi connectivity index (χ3n) is 2.95. The SMILES string of the molecule is CCc1nn(C)cc1NCc1cc(Br)ccc1[N+](=O)[O-]. The number of hydrogen-bond donors (Lipinski definition) is 1. The highest BCUT2D eigenvalue weighted by Gasteiger charge is 2.14. The molecule has 1 heterocycles. The average molecular weight is 339 g/mol. The molecule has 2 rings (SSSR count). The van der Waals surface area contributed by atoms with Crippen LogP contribution in [0, 0.1) is 10.1 Å². The molecule has 0 radical (unpaired) electrons. The molecule has 20 heavy (non-hydrogen) atoms. The second-order valence-corrected chi connectivity index (χ2v) is 5.32. The minimum Gasteiger partial charge on any atom is -0.378 e. The number of anilines is 1. The van der Waals surface area contributed by atoms with Crippen LogP contribution in [0.15, 0.2) is 28.9 Å². The first-order valence-corrected chi connectivity index (χ1v) is 6.99. The maximum Gasteiger partial charge on any atom is 0.274 e. The molecule has 0 atom stereocenters. The summed E-state index contributed by atoms with van der Waals surface area (Å²) in [6, 6.07) is 4.93. The van der Waals surface area contributed by atoms with Gasteiger partial charge in [0.05, 0.1) is 16.3 Å². The molecule has 2 aromatic rings. The van der Waals surface area contributed by atoms with Gasteiger partial charge in [-0.15, -0.1) is 0 Å². The number of halogens is 1. The van der Waals surface area contributed by atoms with Gasteiger partial charge in [-0.05, 0) is 18.6 Å². The van der Waals surface area contributed by atoms with Crippen molar-refractivity contribution in [3.05, 3.63) is 50.2 Å². The van der Waals surface area contributed by atoms with Crippen LogP contribution in [-0.2, 0) is 20.0 Å². The predicted molar refractivity (Wildman–Crippen MR) is 80.7 cm³/mol. The maximum absolute atomic E-state index is 11.0. The number of rotatable bonds is 5. The average Bonchev–Trinajstić information content (AvgIpc) is 2.76. The fourth-order valence-corrected chi connectivity index (χ4v) is 2.42. The van der Waals surface area contributed by atoms with E-state index in [2.05, 4.69) is 26.3 Å². The number of nitro groups is 1. The summed E-state index contributed by atoms with van der Waals surface area (Å²) in [6.45, 7) is 2.41. The fraction of sp³-hybridized carbons (Fsp3) is 0.308. The zero-order valence-electron chi connectivity index (χ0n) is 11.3. The first kappa shape index (κ1) is 14.5. The van der Waals surface area contributed by atoms with Crippen LogP contribution in [0.3, 0.4) is 0 Å². The highest BCUT2D eigenvalue weighted by molar-refractivity contribution is 9.10. The largest absolute Gasteiger partial charge is 0.378 e. The minimum atomic E-state index is -0.368. The smallest absolute Gasteiger partial charge is 0.274 e. The van der Waals surface area contributed by atoms with E-state index < -0.39 is 0 Å². The Morgan fingerprint density at radius 2 is 2.25 bits per heavy atom. The number of hydrogen-bond acceptors (Lipinski definition) is 4. The minimum absolute atomic E-state index is 0.114. The molecular formula is C13H15BrN4O2. The van der Waals surface area contributed by atoms with E-state index in [4.69, 9.17) is 0 Å². The zero-order chi connectivity index (χ0) is 14.7. The summed E-state index contributed by atoms with van der Waals surface area (Å²) in [5.41, 5.74) is 2.60. The van der Waals surface area contributed by atoms with Crippen molar-refractivity contribution in [2.75, 3.05) is 5.32 Å². The standard InChI is InChI=1S/C13H15BrN4O2/c1-3-11-12(8-17(2)16-11)15-7-9-6-10(14)4-5-13(9)18(19)20/h4-6,8,15H,3,7H2,1-2H3. The van der Waals surface area contributed by atoms with Crippen molar-refractivity contribution in [2.45, 2.75) is 19.9 Å². The van der Waals surface area contributed by atoms with Crippen LogP contribution >= 0.6 is 15.9 Å². The van der Waals surface area contributed by atoms with Gasteiger partial charge in [0.2, 0.25) is 0 Å². The van der Waals surface area contributed by atoms with Crippen LogP contribution in [0.4, 0.5) is 11.4 Å². The Balaban J connectivity index is 2.22. The summed E-state index contributed by atoms with van der Waals surface area (Å²) >= 11 is 3.34. The van der Waals surface area contributed by atoms with Crippen molar-refractivity contribution >= 4 is 27.3 Å². The van der Waals surface area contributed by atoms with Crippen LogP contribution in [-0.4, -0.2) is 14.7 Å². The summed E-state index contributed by atoms with van der Waals surface area (Å²) in [4.78, 5) is 10.6. The van der Waals surface area contributed by atoms with Crippen molar-refractivity contribution in [1.82, 2.24) is 9.78 Å². The normalized spacial score (nSPS) is 10.6. The summed E-state index contributed by atoms with van der Waals surface area (Å²) in [5, 5.41) is 18.6. The second kappa shape index (κ2) is 6.04. The van der Waals surface area contributed by atoms with Crippen LogP contribution in [0.5, 0.6) is 0 Å². The molecule has 0 aliphatic rings. The molecule has 0 spiro atoms. The van der Waals surface area contributed by atoms with Crippen LogP contribution in [0.1, 0.15) is 18.2 Å². The molecule has 1 aromatic heterocycles. The highest BCUT2D eigenvalue weighted by Crippen LogP contribution is 2.24. The third-order valence-corrected chi connectivity index (χ3v) is 3.44. The summed E-state index contributed by atoms with van der Waals surface area (Å²) in [6.07, 6.45) is 2.69. The van der Waals surface area contributed by atoms with E-state index in [9.17, 15) is 10.1 Å². The van der Waals surface area contributed by atoms with Gasteiger partial charge in [0, 0.05) is 35.9 Å². The lowest BCUT2D eigenvalue weighted by Gasteiger charge is -2.07. The lowest BCUT2D eigenvalue weighted by Crippen LogP contribution is -2.04. The van der Waals surface area contributed by atoms with E-state index >= 15 is 0 Å². The predicted octanol–water partition coefficient (Wildman–Crippen LogP) is 3.27. The molecule has 0 bridgehead atoms. The van der Waals surface area contributed by atoms with Gasteiger partial charge in [-0.25, -0.2) is 0 Å². The number of nitrogens with zero attached hydrogens (tertiary/aromatic N) is 3. The molecular weight excluding hydrogens is 324 g/mol. The van der Waals surface area contributed by atoms with Crippen molar-refractivity contribution in [2.24, 2.45) is 7.05 Å². The molecule has 0 unspecified atom stereocenters. The van der Waals surface area contributed by atoms with E-state index in [1.807, 2.05) is 20.2 Å². The molecule has 0 aliphatic heterocycles. The van der Waals surface area contributed by atoms with Crippen LogP contribution < -0.4 is 5.32 Å². The molecule has 1 aromatic carbocycles. The lowest BCUT2D eigenvalue weighted by molar-refractivity contribution is -0.385. The first-order chi connectivity index (χ1) is 9.51. The summed E-state index contributed by atoms with van der Waals surface area (Å²) < 4.78 is 2.55. The molecule has 0 fully saturated rings. The number of aromatic nitrogens is 2. The van der Waals surface area contributed by atoms with E-state index in [-0.39, 0.29) is 10.6 Å². The van der Waals surface area contributed by atoms with E-state index in [0.29, 0.717) is 12.1 Å². The van der Waals surface area contributed by atoms with Gasteiger partial charge < -0.3 is 5.32 Å². The molecule has 0 saturated carbocycles. The van der Waals surface area contributed by atoms with E-state index in [1.165, 1.54) is 6.07 Å². The molecule has 0 aliphatic carbocycles. The van der Waals surface area contributed by atoms with Crippen molar-refractivity contribution in [1.29, 1.82) is 0 Å². The number of aryl methyl sites for hydroxylation is 2. The molecule has 1 N–H and O–H groups in total. The van der Waals surface area contributed by atoms with Gasteiger partial charge >= 0.3 is 0 Å². The topological polar surface area (TPSA) is 73.0 Å². The summed E-state index contributed by atoms with van der Waals surface area (Å²) in [5.74, 6) is 0. The van der Waals surface area contributed by atoms with Crippen LogP contribution in [0.2, 0.25) is 0 Å². The van der Waals surface area contributed by atoms with Crippen molar-refractivity contribution in [3.8, 4) is 0 Å². The Morgan fingerprint density at radius 1 is 1.50 bits per heavy atom. The molecule has 0 amide bonds. The number of nitrogens with one attached hydrogen (secondary N) is 1. The van der Waals surface area contributed by atoms with Crippen molar-refractivity contribution < 1.29 is 4.92 Å². The second-order valence-electron chi connectivity index (χ2n) is 4.40. The van der Waals surface area contributed by atoms with Gasteiger partial charge in [-0.2, -0.15) is 5.10 Å². The monoisotopic (exact) mass is 338 g/mol. The lowest BCUT2D eigenvalue weighted by atomic mass is 10.1. The van der Waals surface area contributed by atoms with Gasteiger partial charge in [0.1, 0.15) is 0 Å². The Hall–Kier alpha value is -1.89. The van der Waals surface area contributed by atoms with Gasteiger partial charge in [0.25, 0.3) is 5.69 Å². The maximum atomic E-state index is 11.0. The van der Waals surface area contributed by atoms with Crippen molar-refractivity contribution in [3.63, 3.8) is 0 Å². The zero-order valence-corrected chi connectivity index (χ0v) is 12.8. The van der Waals surface area contributed by atoms with Crippen LogP contribution in [0.25, 0.3) is 0 Å². The highest BCUT2D eigenvalue weighted by atomic mass is 79.9. The Bertz CT molecular complexity index is 639. The first-order valence-electron chi connectivity index (χ1n) is 6.20. The van der Waals surface area contributed by atoms with Gasteiger partial charge in [0.15, 0.2) is 0 Å². The third kappa shape index (κ3) is 3.16.